The lowest BCUT2D eigenvalue weighted by Gasteiger charge is -2.37. The maximum absolute atomic E-state index is 11.9. The Morgan fingerprint density at radius 1 is 0.952 bits per heavy atom. The van der Waals surface area contributed by atoms with Crippen molar-refractivity contribution in [3.63, 3.8) is 0 Å². The number of rotatable bonds is 4. The Balaban J connectivity index is 1.62. The smallest absolute Gasteiger partial charge is 0.136 e. The minimum Gasteiger partial charge on any atom is -0.302 e. The first-order chi connectivity index (χ1) is 10.3. The first kappa shape index (κ1) is 14.7. The van der Waals surface area contributed by atoms with Gasteiger partial charge < -0.3 is 4.90 Å². The van der Waals surface area contributed by atoms with Crippen LogP contribution in [0.1, 0.15) is 43.7 Å². The zero-order valence-corrected chi connectivity index (χ0v) is 12.8. The predicted molar refractivity (Wildman–Crippen MR) is 85.3 cm³/mol. The van der Waals surface area contributed by atoms with Crippen molar-refractivity contribution < 1.29 is 4.79 Å². The molecule has 3 nitrogen and oxygen atoms in total. The summed E-state index contributed by atoms with van der Waals surface area (Å²) in [5, 5.41) is 0. The van der Waals surface area contributed by atoms with Crippen LogP contribution in [-0.4, -0.2) is 48.3 Å². The van der Waals surface area contributed by atoms with Crippen LogP contribution in [0, 0.1) is 0 Å². The lowest BCUT2D eigenvalue weighted by Crippen LogP contribution is -2.43. The lowest BCUT2D eigenvalue weighted by molar-refractivity contribution is -0.123. The van der Waals surface area contributed by atoms with Crippen molar-refractivity contribution in [2.24, 2.45) is 0 Å². The Hall–Kier alpha value is -1.19. The molecule has 114 valence electrons. The monoisotopic (exact) mass is 286 g/mol. The van der Waals surface area contributed by atoms with Crippen LogP contribution in [0.2, 0.25) is 0 Å². The molecule has 0 saturated carbocycles. The second-order valence-corrected chi connectivity index (χ2v) is 6.36. The molecule has 21 heavy (non-hydrogen) atoms. The second kappa shape index (κ2) is 7.19. The zero-order valence-electron chi connectivity index (χ0n) is 12.8. The topological polar surface area (TPSA) is 23.6 Å². The summed E-state index contributed by atoms with van der Waals surface area (Å²) in [6.07, 6.45) is 5.50. The SMILES string of the molecule is O=C1CCN(CCN2CCCCC2)C(c2ccccc2)C1. The van der Waals surface area contributed by atoms with Crippen LogP contribution >= 0.6 is 0 Å². The Labute approximate surface area is 127 Å². The standard InChI is InChI=1S/C18H26N2O/c21-17-9-12-20(14-13-19-10-5-2-6-11-19)18(15-17)16-7-3-1-4-8-16/h1,3-4,7-8,18H,2,5-6,9-15H2. The highest BCUT2D eigenvalue weighted by atomic mass is 16.1. The molecule has 0 aromatic heterocycles. The Morgan fingerprint density at radius 3 is 2.48 bits per heavy atom. The molecule has 2 heterocycles. The Bertz CT molecular complexity index is 454. The van der Waals surface area contributed by atoms with E-state index in [1.807, 2.05) is 6.07 Å². The number of carbonyl (C=O) groups is 1. The number of benzene rings is 1. The van der Waals surface area contributed by atoms with Crippen molar-refractivity contribution in [3.05, 3.63) is 35.9 Å². The fourth-order valence-corrected chi connectivity index (χ4v) is 3.60. The van der Waals surface area contributed by atoms with Crippen LogP contribution < -0.4 is 0 Å². The summed E-state index contributed by atoms with van der Waals surface area (Å²) < 4.78 is 0. The van der Waals surface area contributed by atoms with E-state index in [1.54, 1.807) is 0 Å². The minimum atomic E-state index is 0.289. The number of piperidine rings is 2. The highest BCUT2D eigenvalue weighted by molar-refractivity contribution is 5.80. The molecule has 0 amide bonds. The van der Waals surface area contributed by atoms with Gasteiger partial charge in [0.25, 0.3) is 0 Å². The van der Waals surface area contributed by atoms with Gasteiger partial charge in [0.2, 0.25) is 0 Å². The zero-order chi connectivity index (χ0) is 14.5. The van der Waals surface area contributed by atoms with Crippen LogP contribution in [-0.2, 0) is 4.79 Å². The number of Topliss-reactive ketones (excluding diaryl/α,β-unsaturated/α-hetero) is 1. The number of hydrogen-bond donors (Lipinski definition) is 0. The summed E-state index contributed by atoms with van der Waals surface area (Å²) in [7, 11) is 0. The number of nitrogens with zero attached hydrogens (tertiary/aromatic N) is 2. The van der Waals surface area contributed by atoms with Crippen LogP contribution in [0.5, 0.6) is 0 Å². The molecule has 2 aliphatic heterocycles. The van der Waals surface area contributed by atoms with Gasteiger partial charge in [-0.1, -0.05) is 36.8 Å². The van der Waals surface area contributed by atoms with Crippen LogP contribution in [0.3, 0.4) is 0 Å². The van der Waals surface area contributed by atoms with Gasteiger partial charge in [-0.2, -0.15) is 0 Å². The van der Waals surface area contributed by atoms with Crippen molar-refractivity contribution in [2.75, 3.05) is 32.7 Å². The van der Waals surface area contributed by atoms with E-state index in [0.717, 1.165) is 26.1 Å². The molecule has 2 aliphatic rings. The summed E-state index contributed by atoms with van der Waals surface area (Å²) >= 11 is 0. The maximum atomic E-state index is 11.9. The first-order valence-corrected chi connectivity index (χ1v) is 8.36. The van der Waals surface area contributed by atoms with Crippen molar-refractivity contribution in [1.29, 1.82) is 0 Å². The van der Waals surface area contributed by atoms with Crippen LogP contribution in [0.25, 0.3) is 0 Å². The summed E-state index contributed by atoms with van der Waals surface area (Å²) in [6, 6.07) is 10.8. The molecule has 0 aliphatic carbocycles. The number of carbonyl (C=O) groups excluding carboxylic acids is 1. The minimum absolute atomic E-state index is 0.289. The third kappa shape index (κ3) is 3.92. The van der Waals surface area contributed by atoms with Gasteiger partial charge in [0, 0.05) is 38.5 Å². The molecular weight excluding hydrogens is 260 g/mol. The van der Waals surface area contributed by atoms with E-state index < -0.39 is 0 Å². The summed E-state index contributed by atoms with van der Waals surface area (Å²) in [6.45, 7) is 5.67. The van der Waals surface area contributed by atoms with Gasteiger partial charge in [0.1, 0.15) is 5.78 Å². The predicted octanol–water partition coefficient (Wildman–Crippen LogP) is 2.88. The van der Waals surface area contributed by atoms with E-state index in [2.05, 4.69) is 34.1 Å². The van der Waals surface area contributed by atoms with Crippen LogP contribution in [0.15, 0.2) is 30.3 Å². The molecule has 1 atom stereocenters. The third-order valence-corrected chi connectivity index (χ3v) is 4.88. The molecule has 0 spiro atoms. The Kier molecular flexibility index (Phi) is 5.04. The molecule has 3 heteroatoms. The molecular formula is C18H26N2O. The number of hydrogen-bond acceptors (Lipinski definition) is 3. The van der Waals surface area contributed by atoms with Crippen LogP contribution in [0.4, 0.5) is 0 Å². The fraction of sp³-hybridized carbons (Fsp3) is 0.611. The molecule has 2 fully saturated rings. The van der Waals surface area contributed by atoms with E-state index in [9.17, 15) is 4.79 Å². The van der Waals surface area contributed by atoms with E-state index in [0.29, 0.717) is 12.2 Å². The van der Waals surface area contributed by atoms with Gasteiger partial charge in [0.05, 0.1) is 0 Å². The average Bonchev–Trinajstić information content (AvgIpc) is 2.55. The largest absolute Gasteiger partial charge is 0.302 e. The fourth-order valence-electron chi connectivity index (χ4n) is 3.60. The highest BCUT2D eigenvalue weighted by Crippen LogP contribution is 2.28. The van der Waals surface area contributed by atoms with Gasteiger partial charge in [-0.25, -0.2) is 0 Å². The van der Waals surface area contributed by atoms with Gasteiger partial charge in [-0.05, 0) is 31.5 Å². The molecule has 0 N–H and O–H groups in total. The first-order valence-electron chi connectivity index (χ1n) is 8.36. The van der Waals surface area contributed by atoms with E-state index in [4.69, 9.17) is 0 Å². The van der Waals surface area contributed by atoms with Crippen molar-refractivity contribution in [3.8, 4) is 0 Å². The molecule has 0 radical (unpaired) electrons. The van der Waals surface area contributed by atoms with Gasteiger partial charge in [-0.3, -0.25) is 9.69 Å². The van der Waals surface area contributed by atoms with Crippen molar-refractivity contribution in [1.82, 2.24) is 9.80 Å². The average molecular weight is 286 g/mol. The summed E-state index contributed by atoms with van der Waals surface area (Å²) in [4.78, 5) is 17.0. The quantitative estimate of drug-likeness (QED) is 0.850. The number of ketones is 1. The van der Waals surface area contributed by atoms with E-state index >= 15 is 0 Å². The molecule has 0 bridgehead atoms. The molecule has 1 aromatic carbocycles. The van der Waals surface area contributed by atoms with E-state index in [-0.39, 0.29) is 6.04 Å². The summed E-state index contributed by atoms with van der Waals surface area (Å²) in [5.74, 6) is 0.415. The Morgan fingerprint density at radius 2 is 1.71 bits per heavy atom. The van der Waals surface area contributed by atoms with Gasteiger partial charge in [0.15, 0.2) is 0 Å². The lowest BCUT2D eigenvalue weighted by atomic mass is 9.94. The van der Waals surface area contributed by atoms with Gasteiger partial charge >= 0.3 is 0 Å². The van der Waals surface area contributed by atoms with Crippen molar-refractivity contribution >= 4 is 5.78 Å². The van der Waals surface area contributed by atoms with E-state index in [1.165, 1.54) is 37.9 Å². The summed E-state index contributed by atoms with van der Waals surface area (Å²) in [5.41, 5.74) is 1.30. The van der Waals surface area contributed by atoms with Gasteiger partial charge in [-0.15, -0.1) is 0 Å². The third-order valence-electron chi connectivity index (χ3n) is 4.88. The van der Waals surface area contributed by atoms with Crippen molar-refractivity contribution in [2.45, 2.75) is 38.1 Å². The highest BCUT2D eigenvalue weighted by Gasteiger charge is 2.28. The molecule has 1 aromatic rings. The molecule has 1 unspecified atom stereocenters. The molecule has 2 saturated heterocycles. The number of likely N-dealkylation sites (tertiary alicyclic amines) is 2. The normalized spacial score (nSPS) is 25.1. The maximum Gasteiger partial charge on any atom is 0.136 e. The second-order valence-electron chi connectivity index (χ2n) is 6.36. The molecule has 3 rings (SSSR count).